The molecule has 3 atom stereocenters. The Bertz CT molecular complexity index is 2210. The molecule has 1 saturated heterocycles. The highest BCUT2D eigenvalue weighted by molar-refractivity contribution is 8.00. The molecule has 250 valence electrons. The summed E-state index contributed by atoms with van der Waals surface area (Å²) in [5.74, 6) is -3.57. The highest BCUT2D eigenvalue weighted by atomic mass is 32.2. The molecule has 4 aromatic carbocycles. The van der Waals surface area contributed by atoms with Gasteiger partial charge < -0.3 is 14.8 Å². The molecule has 5 aromatic rings. The predicted octanol–water partition coefficient (Wildman–Crippen LogP) is 6.53. The molecule has 49 heavy (non-hydrogen) atoms. The summed E-state index contributed by atoms with van der Waals surface area (Å²) >= 11 is 1.73. The number of para-hydroxylation sites is 1. The van der Waals surface area contributed by atoms with Gasteiger partial charge in [0.15, 0.2) is 11.5 Å². The van der Waals surface area contributed by atoms with Gasteiger partial charge in [-0.25, -0.2) is 4.90 Å². The van der Waals surface area contributed by atoms with Crippen molar-refractivity contribution in [1.29, 1.82) is 0 Å². The van der Waals surface area contributed by atoms with Gasteiger partial charge in [0.25, 0.3) is 0 Å². The number of thioether (sulfide) groups is 1. The van der Waals surface area contributed by atoms with Crippen molar-refractivity contribution in [3.8, 4) is 11.5 Å². The topological polar surface area (TPSA) is 107 Å². The number of fused-ring (bicyclic) bond motifs is 3. The molecular formula is C35H26F3N3O6S2. The van der Waals surface area contributed by atoms with Crippen molar-refractivity contribution in [2.24, 2.45) is 5.92 Å². The summed E-state index contributed by atoms with van der Waals surface area (Å²) in [5.41, 5.74) is -0.691. The lowest BCUT2D eigenvalue weighted by Crippen LogP contribution is -2.33. The molecule has 0 spiro atoms. The summed E-state index contributed by atoms with van der Waals surface area (Å²) in [6.07, 6.45) is -4.84. The lowest BCUT2D eigenvalue weighted by atomic mass is 9.83. The molecule has 0 aliphatic carbocycles. The normalized spacial score (nSPS) is 18.7. The van der Waals surface area contributed by atoms with E-state index in [1.165, 1.54) is 30.9 Å². The number of nitrogens with zero attached hydrogens (tertiary/aromatic N) is 2. The van der Waals surface area contributed by atoms with Gasteiger partial charge in [0, 0.05) is 16.5 Å². The van der Waals surface area contributed by atoms with Crippen LogP contribution in [0, 0.1) is 5.92 Å². The third-order valence-corrected chi connectivity index (χ3v) is 11.2. The van der Waals surface area contributed by atoms with E-state index in [0.29, 0.717) is 32.5 Å². The van der Waals surface area contributed by atoms with Crippen LogP contribution < -0.4 is 24.6 Å². The maximum absolute atomic E-state index is 14.2. The molecule has 9 nitrogen and oxygen atoms in total. The summed E-state index contributed by atoms with van der Waals surface area (Å²) in [6.45, 7) is -0.400. The molecule has 0 radical (unpaired) electrons. The lowest BCUT2D eigenvalue weighted by Gasteiger charge is -2.31. The molecule has 1 N–H and O–H groups in total. The van der Waals surface area contributed by atoms with Crippen molar-refractivity contribution in [2.75, 3.05) is 24.4 Å². The summed E-state index contributed by atoms with van der Waals surface area (Å²) < 4.78 is 54.4. The zero-order valence-electron chi connectivity index (χ0n) is 25.8. The van der Waals surface area contributed by atoms with Gasteiger partial charge in [-0.15, -0.1) is 0 Å². The number of benzene rings is 4. The summed E-state index contributed by atoms with van der Waals surface area (Å²) in [4.78, 5) is 55.6. The minimum absolute atomic E-state index is 0.289. The van der Waals surface area contributed by atoms with Gasteiger partial charge in [-0.05, 0) is 52.7 Å². The number of ether oxygens (including phenoxy) is 2. The van der Waals surface area contributed by atoms with Crippen LogP contribution in [0.4, 0.5) is 24.5 Å². The lowest BCUT2D eigenvalue weighted by molar-refractivity contribution is -0.137. The molecule has 14 heteroatoms. The molecule has 0 bridgehead atoms. The minimum atomic E-state index is -4.84. The van der Waals surface area contributed by atoms with Crippen LogP contribution in [0.15, 0.2) is 94.7 Å². The van der Waals surface area contributed by atoms with Crippen LogP contribution in [-0.2, 0) is 27.1 Å². The molecule has 7 rings (SSSR count). The second-order valence-corrected chi connectivity index (χ2v) is 13.5. The number of hydrogen-bond acceptors (Lipinski definition) is 8. The molecule has 3 heterocycles. The van der Waals surface area contributed by atoms with Gasteiger partial charge in [0.05, 0.1) is 36.4 Å². The first-order chi connectivity index (χ1) is 23.5. The van der Waals surface area contributed by atoms with Crippen LogP contribution >= 0.6 is 23.1 Å². The number of amides is 3. The average Bonchev–Trinajstić information content (AvgIpc) is 3.53. The molecule has 2 aliphatic rings. The van der Waals surface area contributed by atoms with Gasteiger partial charge in [-0.2, -0.15) is 13.2 Å². The largest absolute Gasteiger partial charge is 0.493 e. The number of aromatic nitrogens is 1. The first-order valence-corrected chi connectivity index (χ1v) is 16.6. The molecule has 0 unspecified atom stereocenters. The van der Waals surface area contributed by atoms with Crippen LogP contribution in [0.2, 0.25) is 0 Å². The fourth-order valence-electron chi connectivity index (χ4n) is 6.42. The van der Waals surface area contributed by atoms with E-state index in [2.05, 4.69) is 5.32 Å². The molecule has 2 aliphatic heterocycles. The van der Waals surface area contributed by atoms with Crippen molar-refractivity contribution in [2.45, 2.75) is 28.9 Å². The quantitative estimate of drug-likeness (QED) is 0.192. The van der Waals surface area contributed by atoms with Crippen molar-refractivity contribution in [1.82, 2.24) is 4.57 Å². The van der Waals surface area contributed by atoms with Gasteiger partial charge in [-0.1, -0.05) is 71.6 Å². The molecule has 1 aromatic heterocycles. The summed E-state index contributed by atoms with van der Waals surface area (Å²) in [5, 5.41) is 3.81. The number of halogens is 3. The van der Waals surface area contributed by atoms with Crippen LogP contribution in [0.3, 0.4) is 0 Å². The van der Waals surface area contributed by atoms with Gasteiger partial charge >= 0.3 is 11.0 Å². The number of imide groups is 1. The maximum Gasteiger partial charge on any atom is 0.418 e. The minimum Gasteiger partial charge on any atom is -0.493 e. The Morgan fingerprint density at radius 2 is 1.57 bits per heavy atom. The SMILES string of the molecule is COc1ccc([C@@H]2c3sc(=O)n(CC(=O)Nc4ccc5ccccc5c4)c3S[C@H]3C(=O)N(c4ccccc4C(F)(F)F)C(=O)[C@@H]23)cc1OC. The Morgan fingerprint density at radius 3 is 2.31 bits per heavy atom. The van der Waals surface area contributed by atoms with Crippen molar-refractivity contribution < 1.29 is 37.0 Å². The van der Waals surface area contributed by atoms with E-state index in [9.17, 15) is 32.3 Å². The number of carbonyl (C=O) groups is 3. The standard InChI is InChI=1S/C35H26F3N3O6S2/c1-46-24-14-12-20(16-25(24)47-2)27-28-29(32(44)41(31(28)43)23-10-6-5-9-22(23)35(36,37)38)48-33-30(27)49-34(45)40(33)17-26(42)39-21-13-11-18-7-3-4-8-19(18)15-21/h3-16,27-29H,17H2,1-2H3,(H,39,42)/t27-,28-,29+/m0/s1. The monoisotopic (exact) mass is 705 g/mol. The predicted molar refractivity (Wildman–Crippen MR) is 180 cm³/mol. The molecular weight excluding hydrogens is 680 g/mol. The van der Waals surface area contributed by atoms with E-state index < -0.39 is 63.7 Å². The van der Waals surface area contributed by atoms with E-state index >= 15 is 0 Å². The highest BCUT2D eigenvalue weighted by Crippen LogP contribution is 2.55. The number of nitrogens with one attached hydrogen (secondary N) is 1. The Kier molecular flexibility index (Phi) is 8.23. The van der Waals surface area contributed by atoms with Crippen LogP contribution in [0.5, 0.6) is 11.5 Å². The van der Waals surface area contributed by atoms with Crippen LogP contribution in [-0.4, -0.2) is 41.8 Å². The van der Waals surface area contributed by atoms with Crippen LogP contribution in [0.1, 0.15) is 21.9 Å². The molecule has 0 saturated carbocycles. The van der Waals surface area contributed by atoms with Crippen molar-refractivity contribution in [3.05, 3.63) is 111 Å². The fourth-order valence-corrected chi connectivity index (χ4v) is 9.19. The Balaban J connectivity index is 1.30. The summed E-state index contributed by atoms with van der Waals surface area (Å²) in [6, 6.07) is 22.4. The van der Waals surface area contributed by atoms with Gasteiger partial charge in [0.1, 0.15) is 11.8 Å². The first kappa shape index (κ1) is 32.5. The smallest absolute Gasteiger partial charge is 0.418 e. The number of hydrogen-bond donors (Lipinski definition) is 1. The Hall–Kier alpha value is -5.08. The van der Waals surface area contributed by atoms with E-state index in [1.54, 1.807) is 24.3 Å². The van der Waals surface area contributed by atoms with E-state index in [4.69, 9.17) is 9.47 Å². The van der Waals surface area contributed by atoms with E-state index in [-0.39, 0.29) is 5.03 Å². The third-order valence-electron chi connectivity index (χ3n) is 8.60. The van der Waals surface area contributed by atoms with Crippen molar-refractivity contribution in [3.63, 3.8) is 0 Å². The number of thiazole rings is 1. The van der Waals surface area contributed by atoms with E-state index in [0.717, 1.165) is 46.0 Å². The second kappa shape index (κ2) is 12.4. The third kappa shape index (κ3) is 5.64. The van der Waals surface area contributed by atoms with E-state index in [1.807, 2.05) is 36.4 Å². The molecule has 1 fully saturated rings. The second-order valence-electron chi connectivity index (χ2n) is 11.4. The van der Waals surface area contributed by atoms with Crippen LogP contribution in [0.25, 0.3) is 10.8 Å². The maximum atomic E-state index is 14.2. The number of methoxy groups -OCH3 is 2. The number of carbonyl (C=O) groups excluding carboxylic acids is 3. The highest BCUT2D eigenvalue weighted by Gasteiger charge is 2.58. The fraction of sp³-hybridized carbons (Fsp3) is 0.200. The van der Waals surface area contributed by atoms with Gasteiger partial charge in [0.2, 0.25) is 17.7 Å². The first-order valence-electron chi connectivity index (χ1n) is 14.9. The average molecular weight is 706 g/mol. The van der Waals surface area contributed by atoms with Crippen molar-refractivity contribution >= 4 is 63.0 Å². The number of rotatable bonds is 7. The number of alkyl halides is 3. The molecule has 3 amide bonds. The zero-order valence-corrected chi connectivity index (χ0v) is 27.4. The van der Waals surface area contributed by atoms with Gasteiger partial charge in [-0.3, -0.25) is 23.7 Å². The summed E-state index contributed by atoms with van der Waals surface area (Å²) in [7, 11) is 2.88. The number of anilines is 2. The zero-order chi connectivity index (χ0) is 34.6. The Morgan fingerprint density at radius 1 is 0.857 bits per heavy atom. The Labute approximate surface area is 285 Å².